The molecule has 0 aliphatic carbocycles. The number of halogens is 1. The number of ether oxygens (including phenoxy) is 1. The highest BCUT2D eigenvalue weighted by Crippen LogP contribution is 2.45. The zero-order valence-corrected chi connectivity index (χ0v) is 18.8. The molecule has 1 aliphatic heterocycles. The van der Waals surface area contributed by atoms with Crippen LogP contribution in [-0.2, 0) is 9.59 Å². The molecule has 1 N–H and O–H groups in total. The molecule has 1 aliphatic rings. The molecule has 1 amide bonds. The second-order valence-electron chi connectivity index (χ2n) is 7.27. The van der Waals surface area contributed by atoms with Gasteiger partial charge in [0.15, 0.2) is 0 Å². The first-order chi connectivity index (χ1) is 14.8. The SMILES string of the molecule is COc1cc(/C(O)=C2/C(=O)C(=O)N(c3ccccc3C)C2c2sccc2C)ccc1Cl. The highest BCUT2D eigenvalue weighted by Gasteiger charge is 2.48. The molecule has 0 spiro atoms. The molecule has 1 aromatic heterocycles. The van der Waals surface area contributed by atoms with Gasteiger partial charge in [-0.25, -0.2) is 0 Å². The zero-order valence-electron chi connectivity index (χ0n) is 17.2. The van der Waals surface area contributed by atoms with E-state index in [2.05, 4.69) is 0 Å². The number of methoxy groups -OCH3 is 1. The lowest BCUT2D eigenvalue weighted by atomic mass is 9.98. The molecule has 1 unspecified atom stereocenters. The van der Waals surface area contributed by atoms with Gasteiger partial charge in [0.2, 0.25) is 0 Å². The molecule has 31 heavy (non-hydrogen) atoms. The van der Waals surface area contributed by atoms with Crippen molar-refractivity contribution < 1.29 is 19.4 Å². The smallest absolute Gasteiger partial charge is 0.300 e. The second-order valence-corrected chi connectivity index (χ2v) is 8.63. The molecule has 5 nitrogen and oxygen atoms in total. The van der Waals surface area contributed by atoms with Crippen molar-refractivity contribution in [2.45, 2.75) is 19.9 Å². The van der Waals surface area contributed by atoms with E-state index in [1.807, 2.05) is 49.6 Å². The van der Waals surface area contributed by atoms with Gasteiger partial charge < -0.3 is 9.84 Å². The van der Waals surface area contributed by atoms with Gasteiger partial charge in [-0.1, -0.05) is 29.8 Å². The molecule has 0 radical (unpaired) electrons. The quantitative estimate of drug-likeness (QED) is 0.315. The first kappa shape index (κ1) is 21.2. The molecule has 1 atom stereocenters. The Hall–Kier alpha value is -3.09. The molecule has 158 valence electrons. The summed E-state index contributed by atoms with van der Waals surface area (Å²) in [4.78, 5) is 28.7. The van der Waals surface area contributed by atoms with E-state index in [0.717, 1.165) is 16.0 Å². The van der Waals surface area contributed by atoms with Gasteiger partial charge in [-0.2, -0.15) is 0 Å². The Morgan fingerprint density at radius 1 is 1.10 bits per heavy atom. The third-order valence-corrected chi connectivity index (χ3v) is 6.78. The summed E-state index contributed by atoms with van der Waals surface area (Å²) in [5, 5.41) is 13.5. The van der Waals surface area contributed by atoms with Crippen LogP contribution in [-0.4, -0.2) is 23.9 Å². The van der Waals surface area contributed by atoms with Crippen LogP contribution in [0.3, 0.4) is 0 Å². The summed E-state index contributed by atoms with van der Waals surface area (Å²) in [6.45, 7) is 3.81. The molecular formula is C24H20ClNO4S. The third-order valence-electron chi connectivity index (χ3n) is 5.39. The second kappa shape index (κ2) is 8.21. The van der Waals surface area contributed by atoms with E-state index < -0.39 is 17.7 Å². The number of benzene rings is 2. The van der Waals surface area contributed by atoms with Crippen LogP contribution in [0.5, 0.6) is 5.75 Å². The highest BCUT2D eigenvalue weighted by molar-refractivity contribution is 7.10. The molecule has 1 saturated heterocycles. The third kappa shape index (κ3) is 3.52. The number of hydrogen-bond acceptors (Lipinski definition) is 5. The summed E-state index contributed by atoms with van der Waals surface area (Å²) in [7, 11) is 1.47. The minimum atomic E-state index is -0.734. The van der Waals surface area contributed by atoms with E-state index in [4.69, 9.17) is 16.3 Å². The Morgan fingerprint density at radius 2 is 1.84 bits per heavy atom. The normalized spacial score (nSPS) is 17.9. The van der Waals surface area contributed by atoms with Crippen molar-refractivity contribution in [1.82, 2.24) is 0 Å². The maximum absolute atomic E-state index is 13.2. The molecule has 0 bridgehead atoms. The standard InChI is InChI=1S/C24H20ClNO4S/c1-13-6-4-5-7-17(13)26-20(23-14(2)10-11-31-23)19(22(28)24(26)29)21(27)15-8-9-16(25)18(12-15)30-3/h4-12,20,27H,1-3H3/b21-19-. The van der Waals surface area contributed by atoms with E-state index in [1.165, 1.54) is 23.3 Å². The first-order valence-corrected chi connectivity index (χ1v) is 10.9. The summed E-state index contributed by atoms with van der Waals surface area (Å²) in [5.74, 6) is -1.30. The van der Waals surface area contributed by atoms with Crippen LogP contribution in [0.25, 0.3) is 5.76 Å². The van der Waals surface area contributed by atoms with Crippen LogP contribution in [0.2, 0.25) is 5.02 Å². The fourth-order valence-corrected chi connectivity index (χ4v) is 5.01. The van der Waals surface area contributed by atoms with Crippen LogP contribution in [0, 0.1) is 13.8 Å². The number of anilines is 1. The number of rotatable bonds is 4. The van der Waals surface area contributed by atoms with Gasteiger partial charge in [0.25, 0.3) is 11.7 Å². The maximum atomic E-state index is 13.2. The van der Waals surface area contributed by atoms with Gasteiger partial charge in [0, 0.05) is 16.1 Å². The van der Waals surface area contributed by atoms with Gasteiger partial charge in [-0.3, -0.25) is 14.5 Å². The fourth-order valence-electron chi connectivity index (χ4n) is 3.79. The van der Waals surface area contributed by atoms with Crippen molar-refractivity contribution in [1.29, 1.82) is 0 Å². The summed E-state index contributed by atoms with van der Waals surface area (Å²) in [6, 6.07) is 13.3. The summed E-state index contributed by atoms with van der Waals surface area (Å²) < 4.78 is 5.24. The Labute approximate surface area is 189 Å². The van der Waals surface area contributed by atoms with Crippen LogP contribution in [0.15, 0.2) is 59.5 Å². The van der Waals surface area contributed by atoms with Crippen LogP contribution in [0.1, 0.15) is 27.6 Å². The Balaban J connectivity index is 1.97. The lowest BCUT2D eigenvalue weighted by molar-refractivity contribution is -0.132. The molecule has 1 fully saturated rings. The molecule has 2 heterocycles. The topological polar surface area (TPSA) is 66.8 Å². The predicted molar refractivity (Wildman–Crippen MR) is 123 cm³/mol. The van der Waals surface area contributed by atoms with Crippen LogP contribution in [0.4, 0.5) is 5.69 Å². The summed E-state index contributed by atoms with van der Waals surface area (Å²) in [5.41, 5.74) is 2.83. The molecule has 7 heteroatoms. The number of para-hydroxylation sites is 1. The number of aliphatic hydroxyl groups excluding tert-OH is 1. The van der Waals surface area contributed by atoms with E-state index in [0.29, 0.717) is 22.0 Å². The minimum absolute atomic E-state index is 0.0446. The van der Waals surface area contributed by atoms with Crippen LogP contribution >= 0.6 is 22.9 Å². The van der Waals surface area contributed by atoms with Crippen molar-refractivity contribution >= 4 is 46.1 Å². The lowest BCUT2D eigenvalue weighted by Gasteiger charge is -2.26. The molecular weight excluding hydrogens is 434 g/mol. The molecule has 4 rings (SSSR count). The van der Waals surface area contributed by atoms with E-state index in [-0.39, 0.29) is 11.3 Å². The van der Waals surface area contributed by atoms with Crippen molar-refractivity contribution in [3.05, 3.63) is 86.1 Å². The fraction of sp³-hybridized carbons (Fsp3) is 0.167. The van der Waals surface area contributed by atoms with E-state index in [1.54, 1.807) is 18.2 Å². The number of carbonyl (C=O) groups excluding carboxylic acids is 2. The number of amides is 1. The van der Waals surface area contributed by atoms with Gasteiger partial charge in [0.05, 0.1) is 17.7 Å². The highest BCUT2D eigenvalue weighted by atomic mass is 35.5. The van der Waals surface area contributed by atoms with Gasteiger partial charge in [-0.15, -0.1) is 11.3 Å². The average Bonchev–Trinajstić information content (AvgIpc) is 3.29. The van der Waals surface area contributed by atoms with Gasteiger partial charge >= 0.3 is 0 Å². The number of Topliss-reactive ketones (excluding diaryl/α,β-unsaturated/α-hetero) is 1. The number of nitrogens with zero attached hydrogens (tertiary/aromatic N) is 1. The van der Waals surface area contributed by atoms with E-state index in [9.17, 15) is 14.7 Å². The number of hydrogen-bond donors (Lipinski definition) is 1. The summed E-state index contributed by atoms with van der Waals surface area (Å²) >= 11 is 7.56. The number of aliphatic hydroxyl groups is 1. The first-order valence-electron chi connectivity index (χ1n) is 9.59. The molecule has 3 aromatic rings. The van der Waals surface area contributed by atoms with Crippen molar-refractivity contribution in [2.75, 3.05) is 12.0 Å². The maximum Gasteiger partial charge on any atom is 0.300 e. The zero-order chi connectivity index (χ0) is 22.3. The monoisotopic (exact) mass is 453 g/mol. The van der Waals surface area contributed by atoms with Gasteiger partial charge in [-0.05, 0) is 60.7 Å². The predicted octanol–water partition coefficient (Wildman–Crippen LogP) is 5.65. The number of carbonyl (C=O) groups is 2. The Bertz CT molecular complexity index is 1230. The van der Waals surface area contributed by atoms with Crippen molar-refractivity contribution in [3.8, 4) is 5.75 Å². The van der Waals surface area contributed by atoms with E-state index >= 15 is 0 Å². The molecule has 0 saturated carbocycles. The average molecular weight is 454 g/mol. The Kier molecular flexibility index (Phi) is 5.60. The van der Waals surface area contributed by atoms with Crippen molar-refractivity contribution in [2.24, 2.45) is 0 Å². The Morgan fingerprint density at radius 3 is 2.48 bits per heavy atom. The largest absolute Gasteiger partial charge is 0.507 e. The molecule has 2 aromatic carbocycles. The van der Waals surface area contributed by atoms with Gasteiger partial charge in [0.1, 0.15) is 17.6 Å². The number of ketones is 1. The summed E-state index contributed by atoms with van der Waals surface area (Å²) in [6.07, 6.45) is 0. The number of aryl methyl sites for hydroxylation is 2. The van der Waals surface area contributed by atoms with Crippen LogP contribution < -0.4 is 9.64 Å². The minimum Gasteiger partial charge on any atom is -0.507 e. The number of thiophene rings is 1. The van der Waals surface area contributed by atoms with Crippen molar-refractivity contribution in [3.63, 3.8) is 0 Å². The lowest BCUT2D eigenvalue weighted by Crippen LogP contribution is -2.30.